The van der Waals surface area contributed by atoms with Crippen molar-refractivity contribution in [2.45, 2.75) is 0 Å². The Hall–Kier alpha value is -3.01. The minimum Gasteiger partial charge on any atom is -0.288 e. The van der Waals surface area contributed by atoms with Gasteiger partial charge in [-0.1, -0.05) is 24.3 Å². The summed E-state index contributed by atoms with van der Waals surface area (Å²) in [5.74, 6) is -0.0204. The average Bonchev–Trinajstić information content (AvgIpc) is 2.98. The number of hydrogen-bond donors (Lipinski definition) is 0. The summed E-state index contributed by atoms with van der Waals surface area (Å²) in [6.07, 6.45) is 6.92. The first-order valence-electron chi connectivity index (χ1n) is 6.64. The maximum Gasteiger partial charge on any atom is 0.197 e. The molecule has 3 heterocycles. The lowest BCUT2D eigenvalue weighted by Crippen LogP contribution is -2.02. The van der Waals surface area contributed by atoms with E-state index in [1.165, 1.54) is 0 Å². The molecule has 0 amide bonds. The molecule has 0 saturated carbocycles. The van der Waals surface area contributed by atoms with Gasteiger partial charge in [-0.05, 0) is 23.6 Å². The summed E-state index contributed by atoms with van der Waals surface area (Å²) in [5, 5.41) is 6.10. The second-order valence-corrected chi connectivity index (χ2v) is 4.82. The van der Waals surface area contributed by atoms with E-state index in [2.05, 4.69) is 10.1 Å². The smallest absolute Gasteiger partial charge is 0.197 e. The van der Waals surface area contributed by atoms with Gasteiger partial charge >= 0.3 is 0 Å². The third kappa shape index (κ3) is 1.80. The van der Waals surface area contributed by atoms with Crippen LogP contribution in [0.1, 0.15) is 15.9 Å². The molecule has 0 unspecified atom stereocenters. The standard InChI is InChI=1S/C17H11N3O/c21-17(15-11-19-20-9-2-1-6-16(15)20)14-5-3-4-12-10-18-8-7-13(12)14/h1-11H. The molecule has 21 heavy (non-hydrogen) atoms. The molecule has 0 bridgehead atoms. The van der Waals surface area contributed by atoms with Crippen molar-refractivity contribution in [2.75, 3.05) is 0 Å². The zero-order valence-electron chi connectivity index (χ0n) is 11.1. The molecule has 0 saturated heterocycles. The normalized spacial score (nSPS) is 11.0. The summed E-state index contributed by atoms with van der Waals surface area (Å²) >= 11 is 0. The number of rotatable bonds is 2. The van der Waals surface area contributed by atoms with Gasteiger partial charge in [0.2, 0.25) is 0 Å². The molecule has 0 atom stereocenters. The van der Waals surface area contributed by atoms with E-state index in [9.17, 15) is 4.79 Å². The Bertz CT molecular complexity index is 967. The van der Waals surface area contributed by atoms with Gasteiger partial charge in [-0.3, -0.25) is 9.78 Å². The van der Waals surface area contributed by atoms with Crippen LogP contribution in [-0.2, 0) is 0 Å². The Balaban J connectivity index is 1.95. The first kappa shape index (κ1) is 11.8. The highest BCUT2D eigenvalue weighted by Gasteiger charge is 2.16. The van der Waals surface area contributed by atoms with Crippen LogP contribution >= 0.6 is 0 Å². The molecular formula is C17H11N3O. The number of carbonyl (C=O) groups is 1. The van der Waals surface area contributed by atoms with Crippen LogP contribution < -0.4 is 0 Å². The van der Waals surface area contributed by atoms with E-state index < -0.39 is 0 Å². The van der Waals surface area contributed by atoms with Gasteiger partial charge in [0.05, 0.1) is 17.3 Å². The molecule has 1 aromatic carbocycles. The van der Waals surface area contributed by atoms with Crippen LogP contribution in [0.3, 0.4) is 0 Å². The van der Waals surface area contributed by atoms with Crippen molar-refractivity contribution in [3.05, 3.63) is 78.4 Å². The fourth-order valence-corrected chi connectivity index (χ4v) is 2.58. The number of carbonyl (C=O) groups excluding carboxylic acids is 1. The molecule has 0 aliphatic heterocycles. The molecular weight excluding hydrogens is 262 g/mol. The summed E-state index contributed by atoms with van der Waals surface area (Å²) in [6, 6.07) is 13.2. The van der Waals surface area contributed by atoms with Gasteiger partial charge in [0.25, 0.3) is 0 Å². The van der Waals surface area contributed by atoms with Gasteiger partial charge < -0.3 is 0 Å². The Labute approximate surface area is 120 Å². The van der Waals surface area contributed by atoms with Crippen molar-refractivity contribution in [2.24, 2.45) is 0 Å². The highest BCUT2D eigenvalue weighted by molar-refractivity contribution is 6.19. The van der Waals surface area contributed by atoms with Crippen LogP contribution in [0.4, 0.5) is 0 Å². The molecule has 4 rings (SSSR count). The number of fused-ring (bicyclic) bond motifs is 2. The van der Waals surface area contributed by atoms with Crippen molar-refractivity contribution in [3.63, 3.8) is 0 Å². The van der Waals surface area contributed by atoms with Gasteiger partial charge in [0.15, 0.2) is 5.78 Å². The second kappa shape index (κ2) is 4.52. The van der Waals surface area contributed by atoms with Crippen molar-refractivity contribution >= 4 is 22.1 Å². The number of benzene rings is 1. The molecule has 4 aromatic rings. The Morgan fingerprint density at radius 2 is 1.90 bits per heavy atom. The summed E-state index contributed by atoms with van der Waals surface area (Å²) < 4.78 is 1.71. The van der Waals surface area contributed by atoms with Crippen LogP contribution in [-0.4, -0.2) is 20.4 Å². The molecule has 0 N–H and O–H groups in total. The molecule has 0 aliphatic rings. The first-order chi connectivity index (χ1) is 10.3. The zero-order valence-corrected chi connectivity index (χ0v) is 11.1. The largest absolute Gasteiger partial charge is 0.288 e. The summed E-state index contributed by atoms with van der Waals surface area (Å²) in [5.41, 5.74) is 2.10. The fraction of sp³-hybridized carbons (Fsp3) is 0. The molecule has 100 valence electrons. The van der Waals surface area contributed by atoms with Crippen molar-refractivity contribution in [1.82, 2.24) is 14.6 Å². The van der Waals surface area contributed by atoms with Crippen LogP contribution in [0.5, 0.6) is 0 Å². The fourth-order valence-electron chi connectivity index (χ4n) is 2.58. The second-order valence-electron chi connectivity index (χ2n) is 4.82. The average molecular weight is 273 g/mol. The lowest BCUT2D eigenvalue weighted by molar-refractivity contribution is 0.104. The summed E-state index contributed by atoms with van der Waals surface area (Å²) in [6.45, 7) is 0. The highest BCUT2D eigenvalue weighted by Crippen LogP contribution is 2.22. The number of ketones is 1. The Morgan fingerprint density at radius 3 is 2.86 bits per heavy atom. The van der Waals surface area contributed by atoms with Crippen molar-refractivity contribution in [3.8, 4) is 0 Å². The minimum atomic E-state index is -0.0204. The van der Waals surface area contributed by atoms with Crippen LogP contribution in [0.25, 0.3) is 16.3 Å². The quantitative estimate of drug-likeness (QED) is 0.527. The SMILES string of the molecule is O=C(c1cccc2cnccc12)c1cnn2ccccc12. The van der Waals surface area contributed by atoms with Gasteiger partial charge in [0.1, 0.15) is 0 Å². The van der Waals surface area contributed by atoms with Crippen LogP contribution in [0, 0.1) is 0 Å². The first-order valence-corrected chi connectivity index (χ1v) is 6.64. The van der Waals surface area contributed by atoms with E-state index in [0.29, 0.717) is 11.1 Å². The Morgan fingerprint density at radius 1 is 0.952 bits per heavy atom. The van der Waals surface area contributed by atoms with Crippen LogP contribution in [0.2, 0.25) is 0 Å². The number of aromatic nitrogens is 3. The van der Waals surface area contributed by atoms with Gasteiger partial charge in [-0.25, -0.2) is 4.52 Å². The predicted octanol–water partition coefficient (Wildman–Crippen LogP) is 3.11. The van der Waals surface area contributed by atoms with E-state index in [-0.39, 0.29) is 5.78 Å². The predicted molar refractivity (Wildman–Crippen MR) is 80.4 cm³/mol. The van der Waals surface area contributed by atoms with Crippen LogP contribution in [0.15, 0.2) is 67.3 Å². The Kier molecular flexibility index (Phi) is 2.54. The minimum absolute atomic E-state index is 0.0204. The van der Waals surface area contributed by atoms with E-state index >= 15 is 0 Å². The monoisotopic (exact) mass is 273 g/mol. The number of nitrogens with zero attached hydrogens (tertiary/aromatic N) is 3. The lowest BCUT2D eigenvalue weighted by atomic mass is 9.99. The molecule has 3 aromatic heterocycles. The lowest BCUT2D eigenvalue weighted by Gasteiger charge is -2.04. The molecule has 0 aliphatic carbocycles. The summed E-state index contributed by atoms with van der Waals surface area (Å²) in [7, 11) is 0. The maximum atomic E-state index is 12.9. The van der Waals surface area contributed by atoms with Gasteiger partial charge in [0, 0.05) is 29.5 Å². The third-order valence-corrected chi connectivity index (χ3v) is 3.60. The molecule has 4 heteroatoms. The molecule has 4 nitrogen and oxygen atoms in total. The molecule has 0 spiro atoms. The van der Waals surface area contributed by atoms with E-state index in [0.717, 1.165) is 16.3 Å². The van der Waals surface area contributed by atoms with E-state index in [4.69, 9.17) is 0 Å². The van der Waals surface area contributed by atoms with Gasteiger partial charge in [-0.15, -0.1) is 0 Å². The molecule has 0 fully saturated rings. The highest BCUT2D eigenvalue weighted by atomic mass is 16.1. The van der Waals surface area contributed by atoms with Gasteiger partial charge in [-0.2, -0.15) is 5.10 Å². The zero-order chi connectivity index (χ0) is 14.2. The van der Waals surface area contributed by atoms with Crippen molar-refractivity contribution in [1.29, 1.82) is 0 Å². The maximum absolute atomic E-state index is 12.9. The van der Waals surface area contributed by atoms with Crippen molar-refractivity contribution < 1.29 is 4.79 Å². The van der Waals surface area contributed by atoms with E-state index in [1.807, 2.05) is 48.7 Å². The number of hydrogen-bond acceptors (Lipinski definition) is 3. The van der Waals surface area contributed by atoms with E-state index in [1.54, 1.807) is 23.1 Å². The third-order valence-electron chi connectivity index (χ3n) is 3.60. The topological polar surface area (TPSA) is 47.3 Å². The number of pyridine rings is 2. The summed E-state index contributed by atoms with van der Waals surface area (Å²) in [4.78, 5) is 17.0. The molecule has 0 radical (unpaired) electrons.